The van der Waals surface area contributed by atoms with Gasteiger partial charge in [0.15, 0.2) is 0 Å². The van der Waals surface area contributed by atoms with E-state index in [0.717, 1.165) is 16.0 Å². The van der Waals surface area contributed by atoms with E-state index >= 15 is 0 Å². The second-order valence-corrected chi connectivity index (χ2v) is 7.72. The zero-order chi connectivity index (χ0) is 16.4. The minimum Gasteiger partial charge on any atom is -0.279 e. The molecule has 118 valence electrons. The Morgan fingerprint density at radius 3 is 2.30 bits per heavy atom. The molecule has 2 aromatic carbocycles. The highest BCUT2D eigenvalue weighted by molar-refractivity contribution is 7.92. The number of sulfonamides is 1. The standard InChI is InChI=1S/C17H14FNO2S2/c1-12-2-8-16(9-3-12)23(20,21)19-15-10-17(22-11-15)13-4-6-14(18)7-5-13/h2-11,19H,1H3. The van der Waals surface area contributed by atoms with E-state index in [1.165, 1.54) is 23.5 Å². The molecule has 1 aromatic heterocycles. The van der Waals surface area contributed by atoms with Crippen molar-refractivity contribution < 1.29 is 12.8 Å². The van der Waals surface area contributed by atoms with Gasteiger partial charge in [-0.2, -0.15) is 0 Å². The summed E-state index contributed by atoms with van der Waals surface area (Å²) in [5.74, 6) is -0.300. The van der Waals surface area contributed by atoms with Crippen LogP contribution in [0.4, 0.5) is 10.1 Å². The Bertz CT molecular complexity index is 914. The predicted molar refractivity (Wildman–Crippen MR) is 91.7 cm³/mol. The van der Waals surface area contributed by atoms with Crippen LogP contribution >= 0.6 is 11.3 Å². The molecule has 0 saturated carbocycles. The second kappa shape index (κ2) is 6.14. The van der Waals surface area contributed by atoms with Gasteiger partial charge in [0.05, 0.1) is 10.6 Å². The molecule has 0 fully saturated rings. The van der Waals surface area contributed by atoms with E-state index < -0.39 is 10.0 Å². The van der Waals surface area contributed by atoms with Gasteiger partial charge in [-0.15, -0.1) is 11.3 Å². The molecule has 1 heterocycles. The fourth-order valence-corrected chi connectivity index (χ4v) is 4.05. The van der Waals surface area contributed by atoms with E-state index in [4.69, 9.17) is 0 Å². The van der Waals surface area contributed by atoms with E-state index in [2.05, 4.69) is 4.72 Å². The molecule has 0 aliphatic heterocycles. The molecule has 3 aromatic rings. The molecule has 0 amide bonds. The molecule has 0 bridgehead atoms. The van der Waals surface area contributed by atoms with Gasteiger partial charge in [-0.05, 0) is 42.8 Å². The third kappa shape index (κ3) is 3.60. The Hall–Kier alpha value is -2.18. The Morgan fingerprint density at radius 1 is 1.00 bits per heavy atom. The van der Waals surface area contributed by atoms with Gasteiger partial charge in [0.1, 0.15) is 5.82 Å². The lowest BCUT2D eigenvalue weighted by molar-refractivity contribution is 0.601. The lowest BCUT2D eigenvalue weighted by Crippen LogP contribution is -2.12. The number of rotatable bonds is 4. The summed E-state index contributed by atoms with van der Waals surface area (Å²) in [4.78, 5) is 1.09. The molecule has 0 saturated heterocycles. The molecular formula is C17H14FNO2S2. The number of hydrogen-bond donors (Lipinski definition) is 1. The maximum atomic E-state index is 13.0. The third-order valence-electron chi connectivity index (χ3n) is 3.31. The van der Waals surface area contributed by atoms with Crippen LogP contribution in [-0.4, -0.2) is 8.42 Å². The van der Waals surface area contributed by atoms with Gasteiger partial charge in [-0.1, -0.05) is 29.8 Å². The zero-order valence-corrected chi connectivity index (χ0v) is 13.9. The van der Waals surface area contributed by atoms with Crippen molar-refractivity contribution in [1.82, 2.24) is 0 Å². The molecule has 23 heavy (non-hydrogen) atoms. The molecule has 0 atom stereocenters. The van der Waals surface area contributed by atoms with Crippen LogP contribution in [0.5, 0.6) is 0 Å². The molecule has 0 spiro atoms. The smallest absolute Gasteiger partial charge is 0.261 e. The van der Waals surface area contributed by atoms with Crippen LogP contribution in [0.3, 0.4) is 0 Å². The Morgan fingerprint density at radius 2 is 1.65 bits per heavy atom. The molecule has 0 unspecified atom stereocenters. The number of anilines is 1. The zero-order valence-electron chi connectivity index (χ0n) is 12.3. The maximum absolute atomic E-state index is 13.0. The minimum absolute atomic E-state index is 0.220. The topological polar surface area (TPSA) is 46.2 Å². The number of benzene rings is 2. The summed E-state index contributed by atoms with van der Waals surface area (Å²) in [5.41, 5.74) is 2.34. The van der Waals surface area contributed by atoms with E-state index in [9.17, 15) is 12.8 Å². The number of halogens is 1. The van der Waals surface area contributed by atoms with Crippen molar-refractivity contribution in [2.75, 3.05) is 4.72 Å². The summed E-state index contributed by atoms with van der Waals surface area (Å²) in [6.07, 6.45) is 0. The summed E-state index contributed by atoms with van der Waals surface area (Å²) in [6, 6.07) is 14.5. The molecule has 3 nitrogen and oxygen atoms in total. The van der Waals surface area contributed by atoms with Crippen molar-refractivity contribution in [1.29, 1.82) is 0 Å². The molecule has 0 aliphatic rings. The van der Waals surface area contributed by atoms with Crippen molar-refractivity contribution in [3.05, 3.63) is 71.4 Å². The van der Waals surface area contributed by atoms with Crippen molar-refractivity contribution >= 4 is 27.0 Å². The Labute approximate surface area is 138 Å². The van der Waals surface area contributed by atoms with E-state index in [-0.39, 0.29) is 10.7 Å². The predicted octanol–water partition coefficient (Wildman–Crippen LogP) is 4.66. The third-order valence-corrected chi connectivity index (χ3v) is 5.69. The first-order chi connectivity index (χ1) is 10.9. The quantitative estimate of drug-likeness (QED) is 0.746. The second-order valence-electron chi connectivity index (χ2n) is 5.13. The van der Waals surface area contributed by atoms with E-state index in [0.29, 0.717) is 5.69 Å². The maximum Gasteiger partial charge on any atom is 0.261 e. The van der Waals surface area contributed by atoms with Crippen molar-refractivity contribution in [3.63, 3.8) is 0 Å². The SMILES string of the molecule is Cc1ccc(S(=O)(=O)Nc2csc(-c3ccc(F)cc3)c2)cc1. The minimum atomic E-state index is -3.61. The first-order valence-electron chi connectivity index (χ1n) is 6.88. The van der Waals surface area contributed by atoms with Gasteiger partial charge in [0, 0.05) is 10.3 Å². The summed E-state index contributed by atoms with van der Waals surface area (Å²) in [5, 5.41) is 1.73. The van der Waals surface area contributed by atoms with Crippen LogP contribution in [0.1, 0.15) is 5.56 Å². The van der Waals surface area contributed by atoms with Crippen LogP contribution in [0, 0.1) is 12.7 Å². The van der Waals surface area contributed by atoms with Crippen molar-refractivity contribution in [3.8, 4) is 10.4 Å². The first-order valence-corrected chi connectivity index (χ1v) is 9.24. The van der Waals surface area contributed by atoms with Crippen LogP contribution < -0.4 is 4.72 Å². The average molecular weight is 347 g/mol. The van der Waals surface area contributed by atoms with Crippen LogP contribution in [-0.2, 0) is 10.0 Å². The summed E-state index contributed by atoms with van der Waals surface area (Å²) in [7, 11) is -3.61. The molecule has 0 radical (unpaired) electrons. The van der Waals surface area contributed by atoms with Gasteiger partial charge >= 0.3 is 0 Å². The fourth-order valence-electron chi connectivity index (χ4n) is 2.09. The van der Waals surface area contributed by atoms with Crippen LogP contribution in [0.25, 0.3) is 10.4 Å². The molecule has 0 aliphatic carbocycles. The summed E-state index contributed by atoms with van der Waals surface area (Å²) >= 11 is 1.40. The number of hydrogen-bond acceptors (Lipinski definition) is 3. The highest BCUT2D eigenvalue weighted by Crippen LogP contribution is 2.31. The van der Waals surface area contributed by atoms with E-state index in [1.807, 2.05) is 6.92 Å². The highest BCUT2D eigenvalue weighted by atomic mass is 32.2. The van der Waals surface area contributed by atoms with Crippen LogP contribution in [0.2, 0.25) is 0 Å². The summed E-state index contributed by atoms with van der Waals surface area (Å²) < 4.78 is 40.2. The van der Waals surface area contributed by atoms with Gasteiger partial charge in [0.25, 0.3) is 10.0 Å². The normalized spacial score (nSPS) is 11.4. The van der Waals surface area contributed by atoms with Crippen LogP contribution in [0.15, 0.2) is 64.9 Å². The van der Waals surface area contributed by atoms with Crippen molar-refractivity contribution in [2.24, 2.45) is 0 Å². The molecular weight excluding hydrogens is 333 g/mol. The average Bonchev–Trinajstić information content (AvgIpc) is 2.96. The van der Waals surface area contributed by atoms with Gasteiger partial charge in [-0.25, -0.2) is 12.8 Å². The highest BCUT2D eigenvalue weighted by Gasteiger charge is 2.15. The molecule has 6 heteroatoms. The first kappa shape index (κ1) is 15.7. The Kier molecular flexibility index (Phi) is 4.19. The monoisotopic (exact) mass is 347 g/mol. The number of thiophene rings is 1. The largest absolute Gasteiger partial charge is 0.279 e. The summed E-state index contributed by atoms with van der Waals surface area (Å²) in [6.45, 7) is 1.90. The van der Waals surface area contributed by atoms with E-state index in [1.54, 1.807) is 47.8 Å². The fraction of sp³-hybridized carbons (Fsp3) is 0.0588. The Balaban J connectivity index is 1.83. The lowest BCUT2D eigenvalue weighted by atomic mass is 10.2. The number of aryl methyl sites for hydroxylation is 1. The molecule has 3 rings (SSSR count). The number of nitrogens with one attached hydrogen (secondary N) is 1. The molecule has 1 N–H and O–H groups in total. The van der Waals surface area contributed by atoms with Gasteiger partial charge in [-0.3, -0.25) is 4.72 Å². The lowest BCUT2D eigenvalue weighted by Gasteiger charge is -2.06. The van der Waals surface area contributed by atoms with Gasteiger partial charge in [0.2, 0.25) is 0 Å². The van der Waals surface area contributed by atoms with Crippen molar-refractivity contribution in [2.45, 2.75) is 11.8 Å². The van der Waals surface area contributed by atoms with Gasteiger partial charge < -0.3 is 0 Å².